The van der Waals surface area contributed by atoms with Gasteiger partial charge in [-0.3, -0.25) is 9.20 Å². The summed E-state index contributed by atoms with van der Waals surface area (Å²) >= 11 is 0. The zero-order valence-electron chi connectivity index (χ0n) is 19.3. The Kier molecular flexibility index (Phi) is 8.93. The molecule has 0 N–H and O–H groups in total. The van der Waals surface area contributed by atoms with E-state index in [1.54, 1.807) is 0 Å². The Morgan fingerprint density at radius 1 is 1.09 bits per heavy atom. The minimum Gasteiger partial charge on any atom is -0.490 e. The molecule has 1 atom stereocenters. The Morgan fingerprint density at radius 2 is 1.79 bits per heavy atom. The second-order valence-corrected chi connectivity index (χ2v) is 8.22. The predicted molar refractivity (Wildman–Crippen MR) is 125 cm³/mol. The van der Waals surface area contributed by atoms with Gasteiger partial charge in [0.2, 0.25) is 0 Å². The third-order valence-electron chi connectivity index (χ3n) is 5.98. The number of ether oxygens (including phenoxy) is 1. The predicted octanol–water partition coefficient (Wildman–Crippen LogP) is 4.30. The van der Waals surface area contributed by atoms with Gasteiger partial charge in [0.15, 0.2) is 17.2 Å². The normalized spacial score (nSPS) is 14.7. The van der Waals surface area contributed by atoms with Crippen LogP contribution in [-0.4, -0.2) is 52.5 Å². The SMILES string of the molecule is CCOc1cccn2c(C(=O)C[C@@H](CN3CCCCC3)c3ccccc3)c(C)nc12.O=C=O. The average molecular weight is 450 g/mol. The third kappa shape index (κ3) is 6.15. The molecule has 0 bridgehead atoms. The number of likely N-dealkylation sites (tertiary alicyclic amines) is 1. The fraction of sp³-hybridized carbons (Fsp3) is 0.423. The molecular weight excluding hydrogens is 418 g/mol. The van der Waals surface area contributed by atoms with Crippen LogP contribution < -0.4 is 4.74 Å². The van der Waals surface area contributed by atoms with Crippen molar-refractivity contribution in [3.63, 3.8) is 0 Å². The number of carbonyl (C=O) groups is 1. The lowest BCUT2D eigenvalue weighted by molar-refractivity contribution is -0.191. The fourth-order valence-corrected chi connectivity index (χ4v) is 4.55. The van der Waals surface area contributed by atoms with Crippen LogP contribution in [0, 0.1) is 6.92 Å². The second kappa shape index (κ2) is 12.1. The highest BCUT2D eigenvalue weighted by molar-refractivity contribution is 5.97. The molecule has 174 valence electrons. The van der Waals surface area contributed by atoms with Crippen molar-refractivity contribution in [2.45, 2.75) is 45.4 Å². The smallest absolute Gasteiger partial charge is 0.373 e. The van der Waals surface area contributed by atoms with Crippen LogP contribution in [-0.2, 0) is 9.59 Å². The molecule has 1 fully saturated rings. The summed E-state index contributed by atoms with van der Waals surface area (Å²) in [5, 5.41) is 0. The molecule has 1 aromatic carbocycles. The number of aryl methyl sites for hydroxylation is 1. The van der Waals surface area contributed by atoms with E-state index in [1.165, 1.54) is 24.8 Å². The summed E-state index contributed by atoms with van der Waals surface area (Å²) in [5.41, 5.74) is 3.38. The van der Waals surface area contributed by atoms with E-state index in [1.807, 2.05) is 42.6 Å². The summed E-state index contributed by atoms with van der Waals surface area (Å²) in [6.07, 6.45) is 6.46. The summed E-state index contributed by atoms with van der Waals surface area (Å²) in [6, 6.07) is 14.3. The van der Waals surface area contributed by atoms with Gasteiger partial charge in [-0.1, -0.05) is 36.8 Å². The highest BCUT2D eigenvalue weighted by atomic mass is 16.5. The third-order valence-corrected chi connectivity index (χ3v) is 5.98. The first kappa shape index (κ1) is 24.4. The number of hydrogen-bond acceptors (Lipinski definition) is 6. The van der Waals surface area contributed by atoms with Crippen LogP contribution in [0.25, 0.3) is 5.65 Å². The van der Waals surface area contributed by atoms with Gasteiger partial charge in [0.25, 0.3) is 0 Å². The largest absolute Gasteiger partial charge is 0.490 e. The Balaban J connectivity index is 0.000000968. The molecule has 3 heterocycles. The number of benzene rings is 1. The lowest BCUT2D eigenvalue weighted by Crippen LogP contribution is -2.34. The van der Waals surface area contributed by atoms with E-state index in [0.717, 1.165) is 31.1 Å². The van der Waals surface area contributed by atoms with Gasteiger partial charge in [0.1, 0.15) is 5.69 Å². The van der Waals surface area contributed by atoms with E-state index in [0.29, 0.717) is 24.4 Å². The Bertz CT molecular complexity index is 1080. The monoisotopic (exact) mass is 449 g/mol. The molecule has 1 saturated heterocycles. The van der Waals surface area contributed by atoms with Crippen molar-refractivity contribution in [1.82, 2.24) is 14.3 Å². The molecule has 4 rings (SSSR count). The molecule has 2 aromatic heterocycles. The van der Waals surface area contributed by atoms with Gasteiger partial charge >= 0.3 is 6.15 Å². The van der Waals surface area contributed by atoms with E-state index in [4.69, 9.17) is 14.3 Å². The van der Waals surface area contributed by atoms with Gasteiger partial charge < -0.3 is 9.64 Å². The Hall–Kier alpha value is -3.28. The molecule has 0 saturated carbocycles. The van der Waals surface area contributed by atoms with Crippen molar-refractivity contribution < 1.29 is 19.1 Å². The lowest BCUT2D eigenvalue weighted by Gasteiger charge is -2.30. The number of aromatic nitrogens is 2. The number of hydrogen-bond donors (Lipinski definition) is 0. The van der Waals surface area contributed by atoms with Gasteiger partial charge in [-0.2, -0.15) is 9.59 Å². The first-order valence-corrected chi connectivity index (χ1v) is 11.5. The van der Waals surface area contributed by atoms with Crippen LogP contribution >= 0.6 is 0 Å². The van der Waals surface area contributed by atoms with Crippen LogP contribution in [0.4, 0.5) is 0 Å². The lowest BCUT2D eigenvalue weighted by atomic mass is 9.91. The summed E-state index contributed by atoms with van der Waals surface area (Å²) in [5.74, 6) is 1.03. The van der Waals surface area contributed by atoms with Crippen molar-refractivity contribution in [2.75, 3.05) is 26.2 Å². The zero-order chi connectivity index (χ0) is 23.6. The Labute approximate surface area is 194 Å². The number of piperidine rings is 1. The van der Waals surface area contributed by atoms with Gasteiger partial charge in [-0.25, -0.2) is 4.98 Å². The summed E-state index contributed by atoms with van der Waals surface area (Å²) in [6.45, 7) is 7.62. The van der Waals surface area contributed by atoms with Crippen molar-refractivity contribution >= 4 is 17.6 Å². The van der Waals surface area contributed by atoms with E-state index < -0.39 is 0 Å². The molecule has 0 aliphatic carbocycles. The van der Waals surface area contributed by atoms with Crippen LogP contribution in [0.2, 0.25) is 0 Å². The van der Waals surface area contributed by atoms with Crippen LogP contribution in [0.5, 0.6) is 5.75 Å². The van der Waals surface area contributed by atoms with Crippen LogP contribution in [0.1, 0.15) is 60.3 Å². The fourth-order valence-electron chi connectivity index (χ4n) is 4.55. The van der Waals surface area contributed by atoms with E-state index in [-0.39, 0.29) is 17.9 Å². The second-order valence-electron chi connectivity index (χ2n) is 8.22. The average Bonchev–Trinajstić information content (AvgIpc) is 3.17. The maximum Gasteiger partial charge on any atom is 0.373 e. The number of rotatable bonds is 8. The zero-order valence-corrected chi connectivity index (χ0v) is 19.3. The number of pyridine rings is 1. The van der Waals surface area contributed by atoms with Crippen LogP contribution in [0.3, 0.4) is 0 Å². The van der Waals surface area contributed by atoms with Crippen molar-refractivity contribution in [3.05, 3.63) is 65.6 Å². The number of ketones is 1. The van der Waals surface area contributed by atoms with E-state index >= 15 is 0 Å². The maximum absolute atomic E-state index is 13.5. The molecule has 0 spiro atoms. The van der Waals surface area contributed by atoms with Crippen molar-refractivity contribution in [3.8, 4) is 5.75 Å². The summed E-state index contributed by atoms with van der Waals surface area (Å²) in [4.78, 5) is 36.9. The molecule has 7 nitrogen and oxygen atoms in total. The molecule has 3 aromatic rings. The van der Waals surface area contributed by atoms with E-state index in [9.17, 15) is 4.79 Å². The summed E-state index contributed by atoms with van der Waals surface area (Å²) in [7, 11) is 0. The topological polar surface area (TPSA) is 81.0 Å². The van der Waals surface area contributed by atoms with Gasteiger partial charge in [-0.15, -0.1) is 0 Å². The summed E-state index contributed by atoms with van der Waals surface area (Å²) < 4.78 is 7.61. The van der Waals surface area contributed by atoms with Gasteiger partial charge in [0.05, 0.1) is 12.3 Å². The van der Waals surface area contributed by atoms with Crippen molar-refractivity contribution in [2.24, 2.45) is 0 Å². The van der Waals surface area contributed by atoms with Gasteiger partial charge in [-0.05, 0) is 57.5 Å². The minimum absolute atomic E-state index is 0.138. The molecule has 7 heteroatoms. The molecule has 0 radical (unpaired) electrons. The molecular formula is C26H31N3O4. The molecule has 0 amide bonds. The maximum atomic E-state index is 13.5. The number of carbonyl (C=O) groups excluding carboxylic acids is 3. The standard InChI is InChI=1S/C25H31N3O2.CO2/c1-3-30-23-13-10-16-28-24(19(2)26-25(23)28)22(29)17-21(20-11-6-4-7-12-20)18-27-14-8-5-9-15-27;2-1-3/h4,6-7,10-13,16,21H,3,5,8-9,14-15,17-18H2,1-2H3;/t21-;/m0./s1. The first-order chi connectivity index (χ1) is 16.1. The van der Waals surface area contributed by atoms with E-state index in [2.05, 4.69) is 34.1 Å². The molecule has 1 aliphatic heterocycles. The Morgan fingerprint density at radius 3 is 2.45 bits per heavy atom. The van der Waals surface area contributed by atoms with Gasteiger partial charge in [0, 0.05) is 25.1 Å². The highest BCUT2D eigenvalue weighted by Gasteiger charge is 2.25. The number of imidazole rings is 1. The number of fused-ring (bicyclic) bond motifs is 1. The van der Waals surface area contributed by atoms with Crippen LogP contribution in [0.15, 0.2) is 48.7 Å². The van der Waals surface area contributed by atoms with Crippen molar-refractivity contribution in [1.29, 1.82) is 0 Å². The molecule has 0 unspecified atom stereocenters. The quantitative estimate of drug-likeness (QED) is 0.477. The first-order valence-electron chi connectivity index (χ1n) is 11.5. The molecule has 1 aliphatic rings. The molecule has 33 heavy (non-hydrogen) atoms. The number of Topliss-reactive ketones (excluding diaryl/α,β-unsaturated/α-hetero) is 1. The number of nitrogens with zero attached hydrogens (tertiary/aromatic N) is 3. The minimum atomic E-state index is 0.138. The highest BCUT2D eigenvalue weighted by Crippen LogP contribution is 2.28.